The van der Waals surface area contributed by atoms with Gasteiger partial charge in [-0.3, -0.25) is 0 Å². The lowest BCUT2D eigenvalue weighted by molar-refractivity contribution is -0.669. The molecular formula is C20H21ClF3NO4S2. The van der Waals surface area contributed by atoms with E-state index >= 15 is 0 Å². The Morgan fingerprint density at radius 2 is 1.71 bits per heavy atom. The van der Waals surface area contributed by atoms with Crippen LogP contribution >= 0.6 is 22.9 Å². The number of rotatable bonds is 3. The largest absolute Gasteiger partial charge is 0.741 e. The van der Waals surface area contributed by atoms with Crippen molar-refractivity contribution in [2.45, 2.75) is 39.7 Å². The van der Waals surface area contributed by atoms with Crippen LogP contribution in [0.4, 0.5) is 13.2 Å². The van der Waals surface area contributed by atoms with Gasteiger partial charge >= 0.3 is 5.51 Å². The lowest BCUT2D eigenvalue weighted by Gasteiger charge is -2.12. The third kappa shape index (κ3) is 5.31. The molecule has 0 aliphatic carbocycles. The van der Waals surface area contributed by atoms with Gasteiger partial charge in [-0.2, -0.15) is 17.7 Å². The number of fused-ring (bicyclic) bond motifs is 1. The molecular weight excluding hydrogens is 475 g/mol. The first-order valence-corrected chi connectivity index (χ1v) is 11.6. The van der Waals surface area contributed by atoms with Gasteiger partial charge in [0.1, 0.15) is 17.0 Å². The Hall–Kier alpha value is -1.88. The number of ether oxygens (including phenoxy) is 1. The molecule has 3 aromatic rings. The second kappa shape index (κ2) is 9.32. The molecule has 0 fully saturated rings. The minimum atomic E-state index is -6.09. The van der Waals surface area contributed by atoms with Crippen LogP contribution in [-0.2, 0) is 16.7 Å². The lowest BCUT2D eigenvalue weighted by atomic mass is 9.98. The number of benzene rings is 2. The number of methoxy groups -OCH3 is 1. The Morgan fingerprint density at radius 3 is 2.19 bits per heavy atom. The van der Waals surface area contributed by atoms with Gasteiger partial charge in [-0.25, -0.2) is 8.42 Å². The first-order valence-electron chi connectivity index (χ1n) is 9.02. The van der Waals surface area contributed by atoms with Crippen LogP contribution in [0.15, 0.2) is 24.3 Å². The van der Waals surface area contributed by atoms with Gasteiger partial charge in [0.2, 0.25) is 10.5 Å². The molecule has 0 bridgehead atoms. The van der Waals surface area contributed by atoms with E-state index in [0.29, 0.717) is 0 Å². The molecule has 31 heavy (non-hydrogen) atoms. The van der Waals surface area contributed by atoms with Crippen molar-refractivity contribution < 1.29 is 35.4 Å². The number of alkyl halides is 3. The topological polar surface area (TPSA) is 70.3 Å². The molecule has 11 heteroatoms. The molecule has 0 radical (unpaired) electrons. The molecule has 0 unspecified atom stereocenters. The highest BCUT2D eigenvalue weighted by molar-refractivity contribution is 7.86. The molecule has 5 nitrogen and oxygen atoms in total. The summed E-state index contributed by atoms with van der Waals surface area (Å²) in [6.07, 6.45) is 0. The van der Waals surface area contributed by atoms with Gasteiger partial charge in [-0.05, 0) is 56.2 Å². The van der Waals surface area contributed by atoms with Crippen molar-refractivity contribution in [3.05, 3.63) is 45.4 Å². The Labute approximate surface area is 187 Å². The van der Waals surface area contributed by atoms with E-state index in [1.165, 1.54) is 26.4 Å². The van der Waals surface area contributed by atoms with E-state index in [-0.39, 0.29) is 0 Å². The highest BCUT2D eigenvalue weighted by atomic mass is 35.5. The van der Waals surface area contributed by atoms with Crippen molar-refractivity contribution in [3.8, 4) is 16.9 Å². The van der Waals surface area contributed by atoms with Crippen molar-refractivity contribution in [3.63, 3.8) is 0 Å². The number of nitrogens with zero attached hydrogens (tertiary/aromatic N) is 1. The van der Waals surface area contributed by atoms with Crippen molar-refractivity contribution in [1.29, 1.82) is 0 Å². The van der Waals surface area contributed by atoms with E-state index in [0.717, 1.165) is 28.4 Å². The van der Waals surface area contributed by atoms with Crippen molar-refractivity contribution in [1.82, 2.24) is 0 Å². The van der Waals surface area contributed by atoms with Crippen LogP contribution < -0.4 is 9.30 Å². The van der Waals surface area contributed by atoms with Gasteiger partial charge in [0, 0.05) is 17.5 Å². The molecule has 0 saturated heterocycles. The fourth-order valence-corrected chi connectivity index (χ4v) is 4.47. The summed E-state index contributed by atoms with van der Waals surface area (Å²) in [5.41, 5.74) is 0.127. The number of aryl methyl sites for hydroxylation is 4. The zero-order valence-corrected chi connectivity index (χ0v) is 19.8. The Bertz CT molecular complexity index is 1220. The van der Waals surface area contributed by atoms with Gasteiger partial charge in [0.05, 0.1) is 12.7 Å². The maximum Gasteiger partial charge on any atom is 0.485 e. The van der Waals surface area contributed by atoms with Crippen LogP contribution in [0.5, 0.6) is 5.75 Å². The molecule has 0 N–H and O–H groups in total. The van der Waals surface area contributed by atoms with Crippen LogP contribution in [0.3, 0.4) is 0 Å². The average molecular weight is 496 g/mol. The Kier molecular flexibility index (Phi) is 7.63. The maximum absolute atomic E-state index is 10.7. The molecule has 1 aromatic heterocycles. The molecule has 2 aromatic carbocycles. The van der Waals surface area contributed by atoms with Crippen LogP contribution in [-0.4, -0.2) is 25.6 Å². The second-order valence-electron chi connectivity index (χ2n) is 6.67. The molecule has 3 rings (SSSR count). The Morgan fingerprint density at radius 1 is 1.16 bits per heavy atom. The third-order valence-electron chi connectivity index (χ3n) is 4.68. The van der Waals surface area contributed by atoms with E-state index in [1.54, 1.807) is 7.11 Å². The standard InChI is InChI=1S/C19H21ClNOS.CHF3O3S/c1-6-21-13(4)23-17-8-7-16(22-5)18(19(17)21)14-9-11(2)12(3)10-15(14)20;2-1(3,4)8(5,6)7/h7-10H,6H2,1-5H3;(H,5,6,7)/q+1;/p-1. The molecule has 0 aliphatic heterocycles. The van der Waals surface area contributed by atoms with Gasteiger partial charge in [0.15, 0.2) is 10.1 Å². The van der Waals surface area contributed by atoms with Crippen molar-refractivity contribution in [2.75, 3.05) is 7.11 Å². The molecule has 0 atom stereocenters. The van der Waals surface area contributed by atoms with Crippen LogP contribution in [0.25, 0.3) is 21.3 Å². The SMILES string of the molecule is CC[n+]1c(C)sc2ccc(OC)c(-c3cc(C)c(C)cc3Cl)c21.O=S(=O)([O-])C(F)(F)F. The normalized spacial score (nSPS) is 11.9. The summed E-state index contributed by atoms with van der Waals surface area (Å²) in [6.45, 7) is 9.46. The number of halogens is 4. The van der Waals surface area contributed by atoms with E-state index in [1.807, 2.05) is 23.5 Å². The summed E-state index contributed by atoms with van der Waals surface area (Å²) < 4.78 is 68.2. The summed E-state index contributed by atoms with van der Waals surface area (Å²) in [6, 6.07) is 8.39. The smallest absolute Gasteiger partial charge is 0.485 e. The first-order chi connectivity index (χ1) is 14.2. The van der Waals surface area contributed by atoms with Crippen LogP contribution in [0, 0.1) is 20.8 Å². The number of hydrogen-bond acceptors (Lipinski definition) is 5. The molecule has 0 amide bonds. The lowest BCUT2D eigenvalue weighted by Crippen LogP contribution is -2.33. The Balaban J connectivity index is 0.000000366. The fourth-order valence-electron chi connectivity index (χ4n) is 3.06. The number of hydrogen-bond donors (Lipinski definition) is 0. The predicted octanol–water partition coefficient (Wildman–Crippen LogP) is 5.51. The van der Waals surface area contributed by atoms with E-state index in [2.05, 4.69) is 44.4 Å². The van der Waals surface area contributed by atoms with E-state index in [4.69, 9.17) is 29.3 Å². The molecule has 1 heterocycles. The number of thiazole rings is 1. The summed E-state index contributed by atoms with van der Waals surface area (Å²) >= 11 is 8.42. The summed E-state index contributed by atoms with van der Waals surface area (Å²) in [4.78, 5) is 0. The van der Waals surface area contributed by atoms with Gasteiger partial charge < -0.3 is 9.29 Å². The quantitative estimate of drug-likeness (QED) is 0.273. The second-order valence-corrected chi connectivity index (χ2v) is 9.68. The predicted molar refractivity (Wildman–Crippen MR) is 115 cm³/mol. The maximum atomic E-state index is 10.7. The highest BCUT2D eigenvalue weighted by Crippen LogP contribution is 2.41. The summed E-state index contributed by atoms with van der Waals surface area (Å²) in [5.74, 6) is 0.864. The molecule has 0 spiro atoms. The van der Waals surface area contributed by atoms with Crippen LogP contribution in [0.1, 0.15) is 23.1 Å². The highest BCUT2D eigenvalue weighted by Gasteiger charge is 2.37. The van der Waals surface area contributed by atoms with Crippen molar-refractivity contribution in [2.24, 2.45) is 0 Å². The van der Waals surface area contributed by atoms with Crippen LogP contribution in [0.2, 0.25) is 5.02 Å². The fraction of sp³-hybridized carbons (Fsp3) is 0.350. The van der Waals surface area contributed by atoms with Crippen molar-refractivity contribution >= 4 is 43.3 Å². The van der Waals surface area contributed by atoms with Gasteiger partial charge in [-0.15, -0.1) is 0 Å². The summed E-state index contributed by atoms with van der Waals surface area (Å²) in [7, 11) is -4.37. The average Bonchev–Trinajstić information content (AvgIpc) is 2.98. The zero-order chi connectivity index (χ0) is 23.7. The minimum Gasteiger partial charge on any atom is -0.741 e. The minimum absolute atomic E-state index is 0.769. The van der Waals surface area contributed by atoms with E-state index in [9.17, 15) is 13.2 Å². The van der Waals surface area contributed by atoms with Gasteiger partial charge in [0.25, 0.3) is 0 Å². The van der Waals surface area contributed by atoms with Gasteiger partial charge in [-0.1, -0.05) is 22.9 Å². The third-order valence-corrected chi connectivity index (χ3v) is 6.63. The number of aromatic nitrogens is 1. The zero-order valence-electron chi connectivity index (χ0n) is 17.4. The van der Waals surface area contributed by atoms with E-state index < -0.39 is 15.6 Å². The molecule has 170 valence electrons. The molecule has 0 saturated carbocycles. The summed E-state index contributed by atoms with van der Waals surface area (Å²) in [5, 5.41) is 2.06. The first kappa shape index (κ1) is 25.4. The monoisotopic (exact) mass is 495 g/mol. The molecule has 0 aliphatic rings.